The molecule has 0 saturated heterocycles. The number of halogens is 1. The summed E-state index contributed by atoms with van der Waals surface area (Å²) in [6.07, 6.45) is 4.44. The van der Waals surface area contributed by atoms with Gasteiger partial charge in [0.25, 0.3) is 0 Å². The molecule has 5 nitrogen and oxygen atoms in total. The van der Waals surface area contributed by atoms with Crippen molar-refractivity contribution in [3.05, 3.63) is 53.1 Å². The zero-order valence-electron chi connectivity index (χ0n) is 15.7. The van der Waals surface area contributed by atoms with Crippen LogP contribution in [0, 0.1) is 0 Å². The number of hydrogen-bond acceptors (Lipinski definition) is 3. The van der Waals surface area contributed by atoms with Crippen molar-refractivity contribution in [1.29, 1.82) is 0 Å². The van der Waals surface area contributed by atoms with E-state index >= 15 is 0 Å². The number of methoxy groups -OCH3 is 2. The Bertz CT molecular complexity index is 787. The Balaban J connectivity index is 1.69. The Morgan fingerprint density at radius 3 is 2.41 bits per heavy atom. The number of urea groups is 1. The van der Waals surface area contributed by atoms with Crippen molar-refractivity contribution in [1.82, 2.24) is 5.32 Å². The maximum Gasteiger partial charge on any atom is 0.319 e. The zero-order chi connectivity index (χ0) is 19.3. The van der Waals surface area contributed by atoms with Crippen LogP contribution in [0.15, 0.2) is 42.5 Å². The molecule has 0 atom stereocenters. The number of ether oxygens (including phenoxy) is 2. The predicted molar refractivity (Wildman–Crippen MR) is 108 cm³/mol. The van der Waals surface area contributed by atoms with E-state index in [4.69, 9.17) is 21.1 Å². The Labute approximate surface area is 165 Å². The molecule has 0 unspecified atom stereocenters. The Hall–Kier alpha value is -2.40. The van der Waals surface area contributed by atoms with E-state index in [1.165, 1.54) is 5.56 Å². The lowest BCUT2D eigenvalue weighted by molar-refractivity contribution is 0.248. The van der Waals surface area contributed by atoms with Gasteiger partial charge in [0.1, 0.15) is 11.5 Å². The lowest BCUT2D eigenvalue weighted by Crippen LogP contribution is -2.40. The molecule has 0 aliphatic heterocycles. The third-order valence-corrected chi connectivity index (χ3v) is 5.50. The minimum Gasteiger partial charge on any atom is -0.497 e. The molecule has 1 aliphatic carbocycles. The summed E-state index contributed by atoms with van der Waals surface area (Å²) in [4.78, 5) is 12.5. The highest BCUT2D eigenvalue weighted by Crippen LogP contribution is 2.41. The van der Waals surface area contributed by atoms with E-state index in [1.807, 2.05) is 12.1 Å². The van der Waals surface area contributed by atoms with Crippen molar-refractivity contribution in [3.8, 4) is 11.5 Å². The van der Waals surface area contributed by atoms with E-state index in [9.17, 15) is 4.79 Å². The number of nitrogens with one attached hydrogen (secondary N) is 2. The first-order chi connectivity index (χ1) is 13.1. The van der Waals surface area contributed by atoms with Crippen LogP contribution in [0.2, 0.25) is 5.02 Å². The fourth-order valence-corrected chi connectivity index (χ4v) is 3.93. The monoisotopic (exact) mass is 388 g/mol. The van der Waals surface area contributed by atoms with Crippen LogP contribution in [0.25, 0.3) is 0 Å². The van der Waals surface area contributed by atoms with Crippen LogP contribution < -0.4 is 20.1 Å². The van der Waals surface area contributed by atoms with Gasteiger partial charge in [-0.25, -0.2) is 4.79 Å². The average Bonchev–Trinajstić information content (AvgIpc) is 3.17. The van der Waals surface area contributed by atoms with Crippen molar-refractivity contribution >= 4 is 23.3 Å². The molecule has 2 aromatic carbocycles. The van der Waals surface area contributed by atoms with E-state index in [-0.39, 0.29) is 11.4 Å². The first-order valence-corrected chi connectivity index (χ1v) is 9.47. The summed E-state index contributed by atoms with van der Waals surface area (Å²) in [7, 11) is 3.22. The highest BCUT2D eigenvalue weighted by molar-refractivity contribution is 6.31. The Morgan fingerprint density at radius 1 is 1.07 bits per heavy atom. The molecule has 2 aromatic rings. The number of hydrogen-bond donors (Lipinski definition) is 2. The molecule has 0 spiro atoms. The number of amides is 2. The van der Waals surface area contributed by atoms with Crippen molar-refractivity contribution in [2.24, 2.45) is 0 Å². The molecule has 0 radical (unpaired) electrons. The van der Waals surface area contributed by atoms with Crippen molar-refractivity contribution in [2.75, 3.05) is 26.1 Å². The molecule has 0 bridgehead atoms. The summed E-state index contributed by atoms with van der Waals surface area (Å²) < 4.78 is 10.5. The van der Waals surface area contributed by atoms with Crippen LogP contribution >= 0.6 is 11.6 Å². The van der Waals surface area contributed by atoms with E-state index in [0.717, 1.165) is 31.4 Å². The van der Waals surface area contributed by atoms with Crippen LogP contribution in [-0.2, 0) is 5.41 Å². The quantitative estimate of drug-likeness (QED) is 0.732. The predicted octanol–water partition coefficient (Wildman–Crippen LogP) is 4.99. The van der Waals surface area contributed by atoms with Crippen LogP contribution in [0.4, 0.5) is 10.5 Å². The minimum atomic E-state index is -0.268. The van der Waals surface area contributed by atoms with Crippen molar-refractivity contribution < 1.29 is 14.3 Å². The van der Waals surface area contributed by atoms with Crippen LogP contribution in [0.3, 0.4) is 0 Å². The van der Waals surface area contributed by atoms with Gasteiger partial charge in [-0.1, -0.05) is 36.6 Å². The summed E-state index contributed by atoms with van der Waals surface area (Å²) in [5.74, 6) is 1.41. The normalized spacial score (nSPS) is 15.2. The van der Waals surface area contributed by atoms with Crippen LogP contribution in [-0.4, -0.2) is 26.8 Å². The molecule has 27 heavy (non-hydrogen) atoms. The van der Waals surface area contributed by atoms with Gasteiger partial charge in [-0.15, -0.1) is 0 Å². The van der Waals surface area contributed by atoms with Crippen molar-refractivity contribution in [2.45, 2.75) is 31.1 Å². The molecular weight excluding hydrogens is 364 g/mol. The summed E-state index contributed by atoms with van der Waals surface area (Å²) in [6, 6.07) is 13.0. The molecule has 2 N–H and O–H groups in total. The molecule has 0 aromatic heterocycles. The van der Waals surface area contributed by atoms with Gasteiger partial charge >= 0.3 is 6.03 Å². The number of carbonyl (C=O) groups is 1. The molecule has 1 aliphatic rings. The fraction of sp³-hybridized carbons (Fsp3) is 0.381. The second kappa shape index (κ2) is 8.53. The molecule has 1 saturated carbocycles. The lowest BCUT2D eigenvalue weighted by Gasteiger charge is -2.30. The van der Waals surface area contributed by atoms with Gasteiger partial charge in [0.2, 0.25) is 0 Å². The molecule has 1 fully saturated rings. The summed E-state index contributed by atoms with van der Waals surface area (Å²) in [5.41, 5.74) is 1.75. The van der Waals surface area contributed by atoms with E-state index in [0.29, 0.717) is 23.0 Å². The molecule has 6 heteroatoms. The smallest absolute Gasteiger partial charge is 0.319 e. The van der Waals surface area contributed by atoms with Gasteiger partial charge in [0, 0.05) is 17.0 Å². The van der Waals surface area contributed by atoms with E-state index in [2.05, 4.69) is 22.8 Å². The van der Waals surface area contributed by atoms with Crippen LogP contribution in [0.1, 0.15) is 31.2 Å². The Morgan fingerprint density at radius 2 is 1.78 bits per heavy atom. The van der Waals surface area contributed by atoms with Gasteiger partial charge in [0.05, 0.1) is 19.9 Å². The van der Waals surface area contributed by atoms with E-state index < -0.39 is 0 Å². The first-order valence-electron chi connectivity index (χ1n) is 9.09. The second-order valence-corrected chi connectivity index (χ2v) is 7.30. The third kappa shape index (κ3) is 4.48. The summed E-state index contributed by atoms with van der Waals surface area (Å²) >= 11 is 6.03. The standard InChI is InChI=1S/C21H25ClN2O3/c1-26-17-8-5-15(6-9-17)21(11-3-4-12-21)14-23-20(25)24-18-13-16(22)7-10-19(18)27-2/h5-10,13H,3-4,11-12,14H2,1-2H3,(H2,23,24,25). The van der Waals surface area contributed by atoms with Gasteiger partial charge in [-0.2, -0.15) is 0 Å². The zero-order valence-corrected chi connectivity index (χ0v) is 16.4. The van der Waals surface area contributed by atoms with Crippen molar-refractivity contribution in [3.63, 3.8) is 0 Å². The number of anilines is 1. The number of benzene rings is 2. The molecule has 0 heterocycles. The highest BCUT2D eigenvalue weighted by atomic mass is 35.5. The molecule has 2 amide bonds. The number of carbonyl (C=O) groups excluding carboxylic acids is 1. The summed E-state index contributed by atoms with van der Waals surface area (Å²) in [6.45, 7) is 0.577. The SMILES string of the molecule is COc1ccc(C2(CNC(=O)Nc3cc(Cl)ccc3OC)CCCC2)cc1. The first kappa shape index (κ1) is 19.4. The largest absolute Gasteiger partial charge is 0.497 e. The molecular formula is C21H25ClN2O3. The summed E-state index contributed by atoms with van der Waals surface area (Å²) in [5, 5.41) is 6.40. The van der Waals surface area contributed by atoms with E-state index in [1.54, 1.807) is 32.4 Å². The molecule has 3 rings (SSSR count). The van der Waals surface area contributed by atoms with Gasteiger partial charge in [-0.3, -0.25) is 0 Å². The highest BCUT2D eigenvalue weighted by Gasteiger charge is 2.36. The maximum atomic E-state index is 12.5. The van der Waals surface area contributed by atoms with Gasteiger partial charge < -0.3 is 20.1 Å². The van der Waals surface area contributed by atoms with Gasteiger partial charge in [0.15, 0.2) is 0 Å². The third-order valence-electron chi connectivity index (χ3n) is 5.26. The minimum absolute atomic E-state index is 0.0397. The number of rotatable bonds is 6. The Kier molecular flexibility index (Phi) is 6.11. The topological polar surface area (TPSA) is 59.6 Å². The fourth-order valence-electron chi connectivity index (χ4n) is 3.76. The average molecular weight is 389 g/mol. The maximum absolute atomic E-state index is 12.5. The van der Waals surface area contributed by atoms with Gasteiger partial charge in [-0.05, 0) is 48.7 Å². The lowest BCUT2D eigenvalue weighted by atomic mass is 9.79. The van der Waals surface area contributed by atoms with Crippen LogP contribution in [0.5, 0.6) is 11.5 Å². The molecule has 144 valence electrons. The second-order valence-electron chi connectivity index (χ2n) is 6.87.